The zero-order valence-electron chi connectivity index (χ0n) is 16.6. The van der Waals surface area contributed by atoms with Gasteiger partial charge in [-0.1, -0.05) is 20.8 Å². The zero-order valence-corrected chi connectivity index (χ0v) is 19.2. The maximum absolute atomic E-state index is 13.2. The Balaban J connectivity index is 5.41. The third kappa shape index (κ3) is 11.4. The van der Waals surface area contributed by atoms with E-state index < -0.39 is 59.8 Å². The van der Waals surface area contributed by atoms with Crippen molar-refractivity contribution in [3.63, 3.8) is 0 Å². The van der Waals surface area contributed by atoms with Crippen molar-refractivity contribution in [2.45, 2.75) is 57.6 Å². The molecule has 0 aromatic heterocycles. The maximum Gasteiger partial charge on any atom is 0.394 e. The Morgan fingerprint density at radius 2 is 1.41 bits per heavy atom. The molecule has 0 heterocycles. The van der Waals surface area contributed by atoms with Gasteiger partial charge in [0.2, 0.25) is 0 Å². The van der Waals surface area contributed by atoms with E-state index in [1.54, 1.807) is 0 Å². The molecule has 0 aliphatic heterocycles. The number of hydrogen-bond acceptors (Lipinski definition) is 7. The predicted molar refractivity (Wildman–Crippen MR) is 97.8 cm³/mol. The Morgan fingerprint density at radius 3 is 1.74 bits per heavy atom. The van der Waals surface area contributed by atoms with Crippen molar-refractivity contribution in [3.8, 4) is 0 Å². The summed E-state index contributed by atoms with van der Waals surface area (Å²) in [5.41, 5.74) is 0. The first-order valence-electron chi connectivity index (χ1n) is 8.07. The van der Waals surface area contributed by atoms with Crippen LogP contribution in [0, 0.1) is 5.92 Å². The van der Waals surface area contributed by atoms with E-state index in [-0.39, 0.29) is 11.6 Å². The van der Waals surface area contributed by atoms with E-state index in [1.807, 2.05) is 33.9 Å². The summed E-state index contributed by atoms with van der Waals surface area (Å²) < 4.78 is 99.4. The molecular formula is C14H29F3O7S2Si. The molecule has 0 bridgehead atoms. The van der Waals surface area contributed by atoms with Crippen LogP contribution in [-0.2, 0) is 33.0 Å². The minimum atomic E-state index is -4.80. The van der Waals surface area contributed by atoms with Crippen molar-refractivity contribution in [3.05, 3.63) is 0 Å². The Bertz CT molecular complexity index is 682. The van der Waals surface area contributed by atoms with Crippen LogP contribution in [0.15, 0.2) is 0 Å². The lowest BCUT2D eigenvalue weighted by Crippen LogP contribution is -2.44. The number of halogens is 3. The molecule has 0 unspecified atom stereocenters. The van der Waals surface area contributed by atoms with Gasteiger partial charge in [0.15, 0.2) is 8.32 Å². The van der Waals surface area contributed by atoms with Crippen molar-refractivity contribution in [1.29, 1.82) is 0 Å². The minimum absolute atomic E-state index is 0.245. The molecule has 0 amide bonds. The molecule has 7 nitrogen and oxygen atoms in total. The van der Waals surface area contributed by atoms with Gasteiger partial charge < -0.3 is 4.43 Å². The normalized spacial score (nSPS) is 17.0. The molecule has 0 aliphatic carbocycles. The summed E-state index contributed by atoms with van der Waals surface area (Å²) in [6.45, 7) is 7.95. The molecule has 0 radical (unpaired) electrons. The summed E-state index contributed by atoms with van der Waals surface area (Å²) in [5.74, 6) is -2.23. The van der Waals surface area contributed by atoms with Crippen LogP contribution in [0.1, 0.15) is 27.2 Å². The van der Waals surface area contributed by atoms with Gasteiger partial charge in [0, 0.05) is 0 Å². The number of rotatable bonds is 10. The fraction of sp³-hybridized carbons (Fsp3) is 1.00. The molecule has 13 heteroatoms. The number of hydrogen-bond donors (Lipinski definition) is 0. The minimum Gasteiger partial charge on any atom is -0.414 e. The predicted octanol–water partition coefficient (Wildman–Crippen LogP) is 2.90. The van der Waals surface area contributed by atoms with E-state index in [2.05, 4.69) is 4.18 Å². The van der Waals surface area contributed by atoms with Crippen molar-refractivity contribution >= 4 is 28.6 Å². The maximum atomic E-state index is 13.2. The van der Waals surface area contributed by atoms with Crippen LogP contribution in [0.25, 0.3) is 0 Å². The smallest absolute Gasteiger partial charge is 0.394 e. The average Bonchev–Trinajstić information content (AvgIpc) is 2.35. The summed E-state index contributed by atoms with van der Waals surface area (Å²) in [7, 11) is -10.5. The largest absolute Gasteiger partial charge is 0.414 e. The van der Waals surface area contributed by atoms with Crippen LogP contribution < -0.4 is 0 Å². The molecule has 0 rings (SSSR count). The highest BCUT2D eigenvalue weighted by Gasteiger charge is 2.43. The summed E-state index contributed by atoms with van der Waals surface area (Å²) in [6.07, 6.45) is -5.70. The molecule has 27 heavy (non-hydrogen) atoms. The molecule has 0 spiro atoms. The fourth-order valence-electron chi connectivity index (χ4n) is 1.72. The Hall–Kier alpha value is -0.213. The first kappa shape index (κ1) is 26.8. The second-order valence-corrected chi connectivity index (χ2v) is 16.0. The third-order valence-electron chi connectivity index (χ3n) is 4.24. The summed E-state index contributed by atoms with van der Waals surface area (Å²) in [6, 6.07) is 0. The van der Waals surface area contributed by atoms with Gasteiger partial charge in [0.25, 0.3) is 20.2 Å². The topological polar surface area (TPSA) is 96.0 Å². The molecule has 0 aromatic rings. The van der Waals surface area contributed by atoms with Gasteiger partial charge in [-0.25, -0.2) is 0 Å². The van der Waals surface area contributed by atoms with Gasteiger partial charge in [-0.15, -0.1) is 0 Å². The van der Waals surface area contributed by atoms with E-state index >= 15 is 0 Å². The third-order valence-corrected chi connectivity index (χ3v) is 9.93. The first-order valence-corrected chi connectivity index (χ1v) is 14.6. The van der Waals surface area contributed by atoms with Crippen LogP contribution in [-0.4, -0.2) is 63.2 Å². The van der Waals surface area contributed by atoms with Crippen LogP contribution >= 0.6 is 0 Å². The van der Waals surface area contributed by atoms with Crippen molar-refractivity contribution in [2.75, 3.05) is 25.7 Å². The van der Waals surface area contributed by atoms with Crippen LogP contribution in [0.3, 0.4) is 0 Å². The van der Waals surface area contributed by atoms with E-state index in [0.717, 1.165) is 6.26 Å². The lowest BCUT2D eigenvalue weighted by Gasteiger charge is -2.37. The van der Waals surface area contributed by atoms with Crippen LogP contribution in [0.2, 0.25) is 18.1 Å². The average molecular weight is 459 g/mol. The van der Waals surface area contributed by atoms with Gasteiger partial charge in [-0.2, -0.15) is 30.0 Å². The van der Waals surface area contributed by atoms with Crippen LogP contribution in [0.4, 0.5) is 13.2 Å². The molecule has 0 fully saturated rings. The van der Waals surface area contributed by atoms with Crippen LogP contribution in [0.5, 0.6) is 0 Å². The second kappa shape index (κ2) is 9.07. The first-order chi connectivity index (χ1) is 11.6. The monoisotopic (exact) mass is 458 g/mol. The summed E-state index contributed by atoms with van der Waals surface area (Å²) >= 11 is 0. The zero-order chi connectivity index (χ0) is 21.9. The van der Waals surface area contributed by atoms with E-state index in [9.17, 15) is 30.0 Å². The lowest BCUT2D eigenvalue weighted by atomic mass is 10.0. The SMILES string of the molecule is CC(C)(C)[Si](C)(C)OC[C@H](C[C@@H](COS(C)(=O)=O)C(F)(F)F)OS(C)(=O)=O. The quantitative estimate of drug-likeness (QED) is 0.367. The molecule has 164 valence electrons. The highest BCUT2D eigenvalue weighted by molar-refractivity contribution is 7.86. The molecule has 0 aromatic carbocycles. The highest BCUT2D eigenvalue weighted by Crippen LogP contribution is 2.37. The van der Waals surface area contributed by atoms with Gasteiger partial charge in [0.05, 0.1) is 37.7 Å². The highest BCUT2D eigenvalue weighted by atomic mass is 32.2. The van der Waals surface area contributed by atoms with Gasteiger partial charge in [-0.05, 0) is 24.6 Å². The molecule has 0 saturated carbocycles. The van der Waals surface area contributed by atoms with Gasteiger partial charge >= 0.3 is 6.18 Å². The Labute approximate surface area is 160 Å². The Morgan fingerprint density at radius 1 is 0.926 bits per heavy atom. The second-order valence-electron chi connectivity index (χ2n) is 7.96. The molecule has 0 aliphatic rings. The van der Waals surface area contributed by atoms with Gasteiger partial charge in [0.1, 0.15) is 0 Å². The summed E-state index contributed by atoms with van der Waals surface area (Å²) in [5, 5.41) is -0.245. The van der Waals surface area contributed by atoms with Crippen molar-refractivity contribution < 1.29 is 42.8 Å². The molecule has 0 saturated heterocycles. The van der Waals surface area contributed by atoms with Crippen molar-refractivity contribution in [1.82, 2.24) is 0 Å². The standard InChI is InChI=1S/C14H29F3O7S2Si/c1-13(2,3)27(6,7)23-10-12(24-26(5,20)21)8-11(14(15,16)17)9-22-25(4,18)19/h11-12H,8-10H2,1-7H3/t11-,12-/m0/s1. The molecule has 0 N–H and O–H groups in total. The molecular weight excluding hydrogens is 429 g/mol. The Kier molecular flexibility index (Phi) is 9.00. The summed E-state index contributed by atoms with van der Waals surface area (Å²) in [4.78, 5) is 0. The van der Waals surface area contributed by atoms with E-state index in [4.69, 9.17) is 8.61 Å². The number of alkyl halides is 3. The van der Waals surface area contributed by atoms with Crippen molar-refractivity contribution in [2.24, 2.45) is 5.92 Å². The van der Waals surface area contributed by atoms with E-state index in [0.29, 0.717) is 6.26 Å². The van der Waals surface area contributed by atoms with Gasteiger partial charge in [-0.3, -0.25) is 8.37 Å². The lowest BCUT2D eigenvalue weighted by molar-refractivity contribution is -0.188. The molecule has 2 atom stereocenters. The fourth-order valence-corrected chi connectivity index (χ4v) is 3.79. The van der Waals surface area contributed by atoms with E-state index in [1.165, 1.54) is 0 Å².